The van der Waals surface area contributed by atoms with E-state index in [2.05, 4.69) is 28.7 Å². The van der Waals surface area contributed by atoms with E-state index in [1.165, 1.54) is 45.8 Å². The van der Waals surface area contributed by atoms with Crippen LogP contribution >= 0.6 is 0 Å². The van der Waals surface area contributed by atoms with Crippen LogP contribution in [0.2, 0.25) is 0 Å². The van der Waals surface area contributed by atoms with E-state index in [0.717, 1.165) is 6.04 Å². The van der Waals surface area contributed by atoms with Gasteiger partial charge in [-0.25, -0.2) is 0 Å². The van der Waals surface area contributed by atoms with Gasteiger partial charge < -0.3 is 9.80 Å². The van der Waals surface area contributed by atoms with Gasteiger partial charge in [-0.15, -0.1) is 0 Å². The molecule has 1 atom stereocenters. The van der Waals surface area contributed by atoms with Crippen LogP contribution < -0.4 is 0 Å². The highest BCUT2D eigenvalue weighted by atomic mass is 15.3. The van der Waals surface area contributed by atoms with E-state index >= 15 is 0 Å². The van der Waals surface area contributed by atoms with Crippen LogP contribution in [-0.2, 0) is 0 Å². The van der Waals surface area contributed by atoms with Gasteiger partial charge in [0.15, 0.2) is 0 Å². The minimum Gasteiger partial charge on any atom is -0.303 e. The summed E-state index contributed by atoms with van der Waals surface area (Å²) in [6.45, 7) is 15.1. The molecule has 15 heavy (non-hydrogen) atoms. The van der Waals surface area contributed by atoms with Gasteiger partial charge in [-0.1, -0.05) is 20.8 Å². The van der Waals surface area contributed by atoms with Gasteiger partial charge in [0.25, 0.3) is 0 Å². The summed E-state index contributed by atoms with van der Waals surface area (Å²) in [6.07, 6.45) is 0. The minimum atomic E-state index is 0.799. The molecular formula is C12H27N3. The molecule has 90 valence electrons. The van der Waals surface area contributed by atoms with Crippen LogP contribution in [0.1, 0.15) is 20.8 Å². The largest absolute Gasteiger partial charge is 0.303 e. The number of piperazine rings is 2. The molecule has 0 amide bonds. The smallest absolute Gasteiger partial charge is 0.0351 e. The van der Waals surface area contributed by atoms with Crippen LogP contribution in [0.3, 0.4) is 0 Å². The molecule has 2 rings (SSSR count). The highest BCUT2D eigenvalue weighted by Gasteiger charge is 2.29. The second-order valence-electron chi connectivity index (χ2n) is 4.35. The average molecular weight is 213 g/mol. The maximum Gasteiger partial charge on any atom is 0.0351 e. The summed E-state index contributed by atoms with van der Waals surface area (Å²) >= 11 is 0. The first-order chi connectivity index (χ1) is 7.29. The van der Waals surface area contributed by atoms with Gasteiger partial charge in [0.05, 0.1) is 0 Å². The summed E-state index contributed by atoms with van der Waals surface area (Å²) < 4.78 is 0. The second kappa shape index (κ2) is 6.46. The number of likely N-dealkylation sites (N-methyl/N-ethyl adjacent to an activating group) is 2. The Kier molecular flexibility index (Phi) is 5.58. The molecule has 2 fully saturated rings. The van der Waals surface area contributed by atoms with E-state index in [0.29, 0.717) is 0 Å². The van der Waals surface area contributed by atoms with E-state index in [9.17, 15) is 0 Å². The van der Waals surface area contributed by atoms with E-state index in [1.807, 2.05) is 13.8 Å². The van der Waals surface area contributed by atoms with Crippen LogP contribution in [0.4, 0.5) is 0 Å². The molecule has 2 saturated heterocycles. The first-order valence-corrected chi connectivity index (χ1v) is 6.44. The lowest BCUT2D eigenvalue weighted by atomic mass is 10.1. The lowest BCUT2D eigenvalue weighted by Gasteiger charge is -2.46. The lowest BCUT2D eigenvalue weighted by molar-refractivity contribution is 0.0224. The molecule has 0 bridgehead atoms. The monoisotopic (exact) mass is 213 g/mol. The van der Waals surface area contributed by atoms with E-state index in [-0.39, 0.29) is 0 Å². The number of fused-ring (bicyclic) bond motifs is 1. The van der Waals surface area contributed by atoms with Crippen molar-refractivity contribution >= 4 is 0 Å². The first kappa shape index (κ1) is 12.9. The average Bonchev–Trinajstić information content (AvgIpc) is 2.30. The SMILES string of the molecule is CC.CCN1CCN2CCN(C)CC2C1. The summed E-state index contributed by atoms with van der Waals surface area (Å²) in [4.78, 5) is 7.69. The topological polar surface area (TPSA) is 9.72 Å². The van der Waals surface area contributed by atoms with Gasteiger partial charge in [-0.3, -0.25) is 4.90 Å². The highest BCUT2D eigenvalue weighted by Crippen LogP contribution is 2.13. The first-order valence-electron chi connectivity index (χ1n) is 6.44. The van der Waals surface area contributed by atoms with E-state index in [1.54, 1.807) is 0 Å². The predicted molar refractivity (Wildman–Crippen MR) is 66.3 cm³/mol. The Labute approximate surface area is 95.0 Å². The van der Waals surface area contributed by atoms with Crippen molar-refractivity contribution in [3.63, 3.8) is 0 Å². The molecule has 3 nitrogen and oxygen atoms in total. The number of nitrogens with zero attached hydrogens (tertiary/aromatic N) is 3. The quantitative estimate of drug-likeness (QED) is 0.642. The standard InChI is InChI=1S/C10H21N3.C2H6/c1-3-12-5-7-13-6-4-11(2)8-10(13)9-12;1-2/h10H,3-9H2,1-2H3;1-2H3. The fourth-order valence-electron chi connectivity index (χ4n) is 2.46. The van der Waals surface area contributed by atoms with Gasteiger partial charge in [-0.2, -0.15) is 0 Å². The summed E-state index contributed by atoms with van der Waals surface area (Å²) in [5.74, 6) is 0. The van der Waals surface area contributed by atoms with Crippen molar-refractivity contribution in [3.8, 4) is 0 Å². The fourth-order valence-corrected chi connectivity index (χ4v) is 2.46. The van der Waals surface area contributed by atoms with Gasteiger partial charge in [0, 0.05) is 45.3 Å². The van der Waals surface area contributed by atoms with Crippen molar-refractivity contribution in [3.05, 3.63) is 0 Å². The Balaban J connectivity index is 0.000000531. The zero-order valence-electron chi connectivity index (χ0n) is 10.9. The van der Waals surface area contributed by atoms with Gasteiger partial charge in [-0.05, 0) is 13.6 Å². The maximum atomic E-state index is 2.66. The molecule has 0 aromatic carbocycles. The van der Waals surface area contributed by atoms with Gasteiger partial charge >= 0.3 is 0 Å². The van der Waals surface area contributed by atoms with Crippen molar-refractivity contribution in [2.24, 2.45) is 0 Å². The summed E-state index contributed by atoms with van der Waals surface area (Å²) in [5, 5.41) is 0. The lowest BCUT2D eigenvalue weighted by Crippen LogP contribution is -2.61. The van der Waals surface area contributed by atoms with E-state index in [4.69, 9.17) is 0 Å². The summed E-state index contributed by atoms with van der Waals surface area (Å²) in [7, 11) is 2.24. The van der Waals surface area contributed by atoms with Crippen molar-refractivity contribution in [2.75, 3.05) is 52.9 Å². The molecule has 2 aliphatic rings. The zero-order valence-corrected chi connectivity index (χ0v) is 10.9. The zero-order chi connectivity index (χ0) is 11.3. The number of hydrogen-bond acceptors (Lipinski definition) is 3. The molecule has 2 aliphatic heterocycles. The van der Waals surface area contributed by atoms with Crippen LogP contribution in [0, 0.1) is 0 Å². The predicted octanol–water partition coefficient (Wildman–Crippen LogP) is 0.964. The number of rotatable bonds is 1. The van der Waals surface area contributed by atoms with Crippen molar-refractivity contribution in [2.45, 2.75) is 26.8 Å². The van der Waals surface area contributed by atoms with Crippen molar-refractivity contribution in [1.29, 1.82) is 0 Å². The Hall–Kier alpha value is -0.120. The molecule has 0 aromatic rings. The third-order valence-corrected chi connectivity index (χ3v) is 3.43. The third-order valence-electron chi connectivity index (χ3n) is 3.43. The molecule has 3 heteroatoms. The number of hydrogen-bond donors (Lipinski definition) is 0. The molecule has 0 radical (unpaired) electrons. The van der Waals surface area contributed by atoms with Crippen LogP contribution in [0.25, 0.3) is 0 Å². The fraction of sp³-hybridized carbons (Fsp3) is 1.00. The Bertz CT molecular complexity index is 172. The Morgan fingerprint density at radius 1 is 1.00 bits per heavy atom. The van der Waals surface area contributed by atoms with Crippen molar-refractivity contribution in [1.82, 2.24) is 14.7 Å². The summed E-state index contributed by atoms with van der Waals surface area (Å²) in [5.41, 5.74) is 0. The normalized spacial score (nSPS) is 29.2. The molecule has 0 aromatic heterocycles. The van der Waals surface area contributed by atoms with Crippen molar-refractivity contribution < 1.29 is 0 Å². The third kappa shape index (κ3) is 3.44. The highest BCUT2D eigenvalue weighted by molar-refractivity contribution is 4.87. The van der Waals surface area contributed by atoms with Gasteiger partial charge in [0.2, 0.25) is 0 Å². The molecule has 0 aliphatic carbocycles. The summed E-state index contributed by atoms with van der Waals surface area (Å²) in [6, 6.07) is 0.799. The van der Waals surface area contributed by atoms with Crippen LogP contribution in [-0.4, -0.2) is 73.6 Å². The maximum absolute atomic E-state index is 2.66. The molecular weight excluding hydrogens is 186 g/mol. The van der Waals surface area contributed by atoms with E-state index < -0.39 is 0 Å². The molecule has 1 unspecified atom stereocenters. The minimum absolute atomic E-state index is 0.799. The second-order valence-corrected chi connectivity index (χ2v) is 4.35. The van der Waals surface area contributed by atoms with Crippen LogP contribution in [0.5, 0.6) is 0 Å². The Morgan fingerprint density at radius 2 is 1.67 bits per heavy atom. The van der Waals surface area contributed by atoms with Gasteiger partial charge in [0.1, 0.15) is 0 Å². The molecule has 0 saturated carbocycles. The van der Waals surface area contributed by atoms with Crippen LogP contribution in [0.15, 0.2) is 0 Å². The molecule has 2 heterocycles. The molecule has 0 spiro atoms. The Morgan fingerprint density at radius 3 is 2.33 bits per heavy atom. The molecule has 0 N–H and O–H groups in total.